The molecular weight excluding hydrogens is 424 g/mol. The minimum Gasteiger partial charge on any atom is -0.497 e. The third-order valence-electron chi connectivity index (χ3n) is 5.27. The number of para-hydroxylation sites is 1. The molecule has 4 rings (SSSR count). The second-order valence-corrected chi connectivity index (χ2v) is 8.35. The Morgan fingerprint density at radius 2 is 1.72 bits per heavy atom. The Bertz CT molecular complexity index is 1180. The van der Waals surface area contributed by atoms with Crippen molar-refractivity contribution in [2.24, 2.45) is 0 Å². The molecule has 0 N–H and O–H groups in total. The second kappa shape index (κ2) is 9.36. The van der Waals surface area contributed by atoms with Crippen LogP contribution in [0.3, 0.4) is 0 Å². The highest BCUT2D eigenvalue weighted by atomic mass is 32.2. The number of carbonyl (C=O) groups excluding carboxylic acids is 2. The minimum atomic E-state index is -0.289. The number of rotatable bonds is 7. The van der Waals surface area contributed by atoms with Gasteiger partial charge >= 0.3 is 0 Å². The number of aromatic nitrogens is 1. The summed E-state index contributed by atoms with van der Waals surface area (Å²) >= 11 is 0.962. The smallest absolute Gasteiger partial charge is 0.293 e. The lowest BCUT2D eigenvalue weighted by molar-refractivity contribution is -0.123. The molecule has 0 saturated carbocycles. The van der Waals surface area contributed by atoms with Crippen LogP contribution in [0.1, 0.15) is 17.0 Å². The molecule has 2 aromatic carbocycles. The summed E-state index contributed by atoms with van der Waals surface area (Å²) < 4.78 is 13.1. The highest BCUT2D eigenvalue weighted by molar-refractivity contribution is 8.18. The van der Waals surface area contributed by atoms with Gasteiger partial charge in [0.25, 0.3) is 11.1 Å². The van der Waals surface area contributed by atoms with E-state index in [0.29, 0.717) is 10.7 Å². The highest BCUT2D eigenvalue weighted by Gasteiger charge is 2.35. The van der Waals surface area contributed by atoms with Crippen molar-refractivity contribution in [3.8, 4) is 17.2 Å². The van der Waals surface area contributed by atoms with Gasteiger partial charge < -0.3 is 14.0 Å². The second-order valence-electron chi connectivity index (χ2n) is 7.36. The number of nitrogens with zero attached hydrogens (tertiary/aromatic N) is 2. The normalized spacial score (nSPS) is 15.0. The van der Waals surface area contributed by atoms with E-state index in [0.717, 1.165) is 40.2 Å². The van der Waals surface area contributed by atoms with Crippen molar-refractivity contribution >= 4 is 29.0 Å². The van der Waals surface area contributed by atoms with Crippen LogP contribution in [-0.4, -0.2) is 40.9 Å². The fourth-order valence-corrected chi connectivity index (χ4v) is 4.54. The molecule has 6 nitrogen and oxygen atoms in total. The molecule has 1 aromatic heterocycles. The van der Waals surface area contributed by atoms with E-state index in [1.54, 1.807) is 13.2 Å². The Morgan fingerprint density at radius 1 is 0.969 bits per heavy atom. The number of thioether (sulfide) groups is 1. The van der Waals surface area contributed by atoms with Gasteiger partial charge in [-0.3, -0.25) is 14.5 Å². The van der Waals surface area contributed by atoms with Crippen LogP contribution in [0.15, 0.2) is 65.6 Å². The molecule has 0 bridgehead atoms. The number of methoxy groups -OCH3 is 1. The van der Waals surface area contributed by atoms with Crippen LogP contribution in [0.4, 0.5) is 4.79 Å². The SMILES string of the molecule is COc1cccc(-n2c(C)cc(/C=C3\SC(=O)N(CCOc4ccccc4)C3=O)c2C)c1. The van der Waals surface area contributed by atoms with Gasteiger partial charge in [-0.05, 0) is 67.6 Å². The zero-order valence-electron chi connectivity index (χ0n) is 18.2. The van der Waals surface area contributed by atoms with E-state index >= 15 is 0 Å². The first-order valence-corrected chi connectivity index (χ1v) is 11.1. The maximum atomic E-state index is 12.9. The summed E-state index contributed by atoms with van der Waals surface area (Å²) in [5, 5.41) is -0.278. The third kappa shape index (κ3) is 4.43. The van der Waals surface area contributed by atoms with E-state index in [9.17, 15) is 9.59 Å². The zero-order chi connectivity index (χ0) is 22.7. The summed E-state index contributed by atoms with van der Waals surface area (Å²) in [6, 6.07) is 19.2. The Hall–Kier alpha value is -3.45. The van der Waals surface area contributed by atoms with Crippen LogP contribution < -0.4 is 9.47 Å². The van der Waals surface area contributed by atoms with Gasteiger partial charge in [-0.2, -0.15) is 0 Å². The first-order valence-electron chi connectivity index (χ1n) is 10.2. The van der Waals surface area contributed by atoms with Crippen molar-refractivity contribution in [2.45, 2.75) is 13.8 Å². The van der Waals surface area contributed by atoms with Crippen molar-refractivity contribution in [1.29, 1.82) is 0 Å². The van der Waals surface area contributed by atoms with E-state index in [-0.39, 0.29) is 24.3 Å². The fourth-order valence-electron chi connectivity index (χ4n) is 3.69. The van der Waals surface area contributed by atoms with Crippen LogP contribution in [0, 0.1) is 13.8 Å². The number of amides is 2. The van der Waals surface area contributed by atoms with Gasteiger partial charge in [0, 0.05) is 23.1 Å². The Labute approximate surface area is 191 Å². The summed E-state index contributed by atoms with van der Waals surface area (Å²) in [5.41, 5.74) is 3.88. The van der Waals surface area contributed by atoms with Crippen LogP contribution in [-0.2, 0) is 4.79 Å². The largest absolute Gasteiger partial charge is 0.497 e. The molecule has 0 unspecified atom stereocenters. The summed E-state index contributed by atoms with van der Waals surface area (Å²) in [5.74, 6) is 1.19. The Balaban J connectivity index is 1.51. The predicted molar refractivity (Wildman–Crippen MR) is 126 cm³/mol. The fraction of sp³-hybridized carbons (Fsp3) is 0.200. The lowest BCUT2D eigenvalue weighted by atomic mass is 10.2. The standard InChI is InChI=1S/C25H24N2O4S/c1-17-14-19(18(2)27(17)20-8-7-11-22(16-20)30-3)15-23-24(28)26(25(29)32-23)12-13-31-21-9-5-4-6-10-21/h4-11,14-16H,12-13H2,1-3H3/b23-15-. The molecule has 2 heterocycles. The van der Waals surface area contributed by atoms with Crippen molar-refractivity contribution in [2.75, 3.05) is 20.3 Å². The molecule has 2 amide bonds. The Kier molecular flexibility index (Phi) is 6.37. The molecule has 0 radical (unpaired) electrons. The summed E-state index contributed by atoms with van der Waals surface area (Å²) in [6.07, 6.45) is 1.79. The van der Waals surface area contributed by atoms with Crippen molar-refractivity contribution < 1.29 is 19.1 Å². The predicted octanol–water partition coefficient (Wildman–Crippen LogP) is 5.22. The summed E-state index contributed by atoms with van der Waals surface area (Å²) in [6.45, 7) is 4.46. The van der Waals surface area contributed by atoms with E-state index < -0.39 is 0 Å². The maximum absolute atomic E-state index is 12.9. The minimum absolute atomic E-state index is 0.208. The lowest BCUT2D eigenvalue weighted by Gasteiger charge is -2.13. The quantitative estimate of drug-likeness (QED) is 0.464. The maximum Gasteiger partial charge on any atom is 0.293 e. The van der Waals surface area contributed by atoms with Gasteiger partial charge in [0.1, 0.15) is 18.1 Å². The summed E-state index contributed by atoms with van der Waals surface area (Å²) in [7, 11) is 1.64. The van der Waals surface area contributed by atoms with Crippen LogP contribution >= 0.6 is 11.8 Å². The average molecular weight is 449 g/mol. The number of benzene rings is 2. The molecule has 0 spiro atoms. The molecule has 0 atom stereocenters. The lowest BCUT2D eigenvalue weighted by Crippen LogP contribution is -2.32. The topological polar surface area (TPSA) is 60.8 Å². The van der Waals surface area contributed by atoms with Gasteiger partial charge in [-0.25, -0.2) is 0 Å². The molecule has 3 aromatic rings. The molecule has 32 heavy (non-hydrogen) atoms. The van der Waals surface area contributed by atoms with E-state index in [1.807, 2.05) is 74.5 Å². The van der Waals surface area contributed by atoms with Gasteiger partial charge in [0.05, 0.1) is 18.6 Å². The average Bonchev–Trinajstić information content (AvgIpc) is 3.23. The Morgan fingerprint density at radius 3 is 2.47 bits per heavy atom. The first-order chi connectivity index (χ1) is 15.5. The monoisotopic (exact) mass is 448 g/mol. The van der Waals surface area contributed by atoms with Crippen molar-refractivity contribution in [1.82, 2.24) is 9.47 Å². The molecule has 0 aliphatic carbocycles. The van der Waals surface area contributed by atoms with Gasteiger partial charge in [0.15, 0.2) is 0 Å². The number of hydrogen-bond donors (Lipinski definition) is 0. The number of imide groups is 1. The van der Waals surface area contributed by atoms with Crippen molar-refractivity contribution in [3.63, 3.8) is 0 Å². The number of ether oxygens (including phenoxy) is 2. The first kappa shape index (κ1) is 21.8. The van der Waals surface area contributed by atoms with Gasteiger partial charge in [-0.1, -0.05) is 24.3 Å². The number of carbonyl (C=O) groups is 2. The molecule has 164 valence electrons. The van der Waals surface area contributed by atoms with Gasteiger partial charge in [-0.15, -0.1) is 0 Å². The molecular formula is C25H24N2O4S. The van der Waals surface area contributed by atoms with Crippen LogP contribution in [0.2, 0.25) is 0 Å². The molecule has 1 aliphatic heterocycles. The zero-order valence-corrected chi connectivity index (χ0v) is 19.0. The number of hydrogen-bond acceptors (Lipinski definition) is 5. The summed E-state index contributed by atoms with van der Waals surface area (Å²) in [4.78, 5) is 26.9. The molecule has 1 fully saturated rings. The van der Waals surface area contributed by atoms with E-state index in [1.165, 1.54) is 4.90 Å². The van der Waals surface area contributed by atoms with E-state index in [4.69, 9.17) is 9.47 Å². The van der Waals surface area contributed by atoms with Crippen LogP contribution in [0.5, 0.6) is 11.5 Å². The van der Waals surface area contributed by atoms with Crippen LogP contribution in [0.25, 0.3) is 11.8 Å². The third-order valence-corrected chi connectivity index (χ3v) is 6.18. The van der Waals surface area contributed by atoms with Crippen molar-refractivity contribution in [3.05, 3.63) is 82.5 Å². The number of aryl methyl sites for hydroxylation is 1. The van der Waals surface area contributed by atoms with Gasteiger partial charge in [0.2, 0.25) is 0 Å². The van der Waals surface area contributed by atoms with E-state index in [2.05, 4.69) is 4.57 Å². The molecule has 1 aliphatic rings. The highest BCUT2D eigenvalue weighted by Crippen LogP contribution is 2.34. The molecule has 1 saturated heterocycles. The molecule has 7 heteroatoms.